The number of aliphatic hydroxyl groups is 1. The molecule has 0 aliphatic heterocycles. The van der Waals surface area contributed by atoms with Crippen molar-refractivity contribution in [3.05, 3.63) is 65.5 Å². The number of amides is 1. The highest BCUT2D eigenvalue weighted by molar-refractivity contribution is 5.90. The van der Waals surface area contributed by atoms with Gasteiger partial charge in [0.25, 0.3) is 0 Å². The summed E-state index contributed by atoms with van der Waals surface area (Å²) in [6.07, 6.45) is -3.34. The summed E-state index contributed by atoms with van der Waals surface area (Å²) in [4.78, 5) is 19.4. The predicted molar refractivity (Wildman–Crippen MR) is 112 cm³/mol. The van der Waals surface area contributed by atoms with Gasteiger partial charge in [0.15, 0.2) is 0 Å². The number of carboxylic acid groups (broad SMARTS) is 1. The molecule has 4 N–H and O–H groups in total. The van der Waals surface area contributed by atoms with Gasteiger partial charge in [-0.15, -0.1) is 0 Å². The van der Waals surface area contributed by atoms with Crippen LogP contribution in [0, 0.1) is 0 Å². The molecule has 1 aliphatic rings. The minimum absolute atomic E-state index is 0.177. The molecule has 10 heteroatoms. The van der Waals surface area contributed by atoms with Crippen molar-refractivity contribution in [2.75, 3.05) is 10.6 Å². The number of rotatable bonds is 4. The first-order valence-electron chi connectivity index (χ1n) is 9.80. The third-order valence-electron chi connectivity index (χ3n) is 5.25. The highest BCUT2D eigenvalue weighted by atomic mass is 19.4. The normalized spacial score (nSPS) is 15.7. The summed E-state index contributed by atoms with van der Waals surface area (Å²) >= 11 is 0. The standard InChI is InChI=1S/C22H19F3N4O3/c23-22(24,25)13-5-7-15(19(8-13)29-21(31)32)18-10-20(27-11-26-18)28-17-3-1-2-12-4-6-14(30)9-16(12)17/h1-3,5,7-8,10-11,14,29-30H,4,6,9H2,(H,31,32)(H,26,27,28). The summed E-state index contributed by atoms with van der Waals surface area (Å²) in [7, 11) is 0. The van der Waals surface area contributed by atoms with Crippen LogP contribution in [0.3, 0.4) is 0 Å². The van der Waals surface area contributed by atoms with Gasteiger partial charge in [-0.3, -0.25) is 5.32 Å². The van der Waals surface area contributed by atoms with Crippen molar-refractivity contribution in [3.8, 4) is 11.3 Å². The first kappa shape index (κ1) is 21.6. The maximum atomic E-state index is 13.1. The topological polar surface area (TPSA) is 107 Å². The van der Waals surface area contributed by atoms with Crippen LogP contribution in [0.15, 0.2) is 48.8 Å². The molecule has 32 heavy (non-hydrogen) atoms. The van der Waals surface area contributed by atoms with E-state index >= 15 is 0 Å². The summed E-state index contributed by atoms with van der Waals surface area (Å²) in [6.45, 7) is 0. The molecule has 0 fully saturated rings. The van der Waals surface area contributed by atoms with Crippen LogP contribution in [-0.4, -0.2) is 32.4 Å². The molecule has 3 aromatic rings. The molecule has 0 spiro atoms. The Balaban J connectivity index is 1.69. The average Bonchev–Trinajstić information content (AvgIpc) is 2.73. The van der Waals surface area contributed by atoms with E-state index in [2.05, 4.69) is 15.3 Å². The molecule has 1 atom stereocenters. The quantitative estimate of drug-likeness (QED) is 0.459. The van der Waals surface area contributed by atoms with Crippen LogP contribution in [0.4, 0.5) is 35.2 Å². The third-order valence-corrected chi connectivity index (χ3v) is 5.25. The van der Waals surface area contributed by atoms with Crippen LogP contribution in [0.2, 0.25) is 0 Å². The highest BCUT2D eigenvalue weighted by Crippen LogP contribution is 2.36. The number of carbonyl (C=O) groups is 1. The van der Waals surface area contributed by atoms with Crippen molar-refractivity contribution < 1.29 is 28.2 Å². The first-order valence-corrected chi connectivity index (χ1v) is 9.80. The van der Waals surface area contributed by atoms with E-state index < -0.39 is 23.9 Å². The van der Waals surface area contributed by atoms with E-state index in [4.69, 9.17) is 5.11 Å². The van der Waals surface area contributed by atoms with E-state index in [1.54, 1.807) is 0 Å². The molecule has 1 amide bonds. The first-order chi connectivity index (χ1) is 15.2. The Morgan fingerprint density at radius 2 is 1.91 bits per heavy atom. The van der Waals surface area contributed by atoms with Gasteiger partial charge in [0.1, 0.15) is 12.1 Å². The number of hydrogen-bond acceptors (Lipinski definition) is 5. The van der Waals surface area contributed by atoms with Crippen molar-refractivity contribution in [1.82, 2.24) is 9.97 Å². The smallest absolute Gasteiger partial charge is 0.416 e. The van der Waals surface area contributed by atoms with E-state index in [9.17, 15) is 23.1 Å². The van der Waals surface area contributed by atoms with Crippen molar-refractivity contribution in [2.45, 2.75) is 31.5 Å². The van der Waals surface area contributed by atoms with Crippen molar-refractivity contribution in [1.29, 1.82) is 0 Å². The van der Waals surface area contributed by atoms with Gasteiger partial charge >= 0.3 is 12.3 Å². The average molecular weight is 444 g/mol. The molecule has 4 rings (SSSR count). The molecule has 7 nitrogen and oxygen atoms in total. The molecule has 1 aliphatic carbocycles. The van der Waals surface area contributed by atoms with Gasteiger partial charge in [0.2, 0.25) is 0 Å². The van der Waals surface area contributed by atoms with Crippen LogP contribution < -0.4 is 10.6 Å². The second-order valence-corrected chi connectivity index (χ2v) is 7.44. The zero-order chi connectivity index (χ0) is 22.9. The van der Waals surface area contributed by atoms with Crippen LogP contribution in [0.1, 0.15) is 23.1 Å². The van der Waals surface area contributed by atoms with Gasteiger partial charge in [0.05, 0.1) is 23.0 Å². The zero-order valence-electron chi connectivity index (χ0n) is 16.6. The van der Waals surface area contributed by atoms with Gasteiger partial charge < -0.3 is 15.5 Å². The summed E-state index contributed by atoms with van der Waals surface area (Å²) in [5, 5.41) is 24.3. The summed E-state index contributed by atoms with van der Waals surface area (Å²) < 4.78 is 39.2. The van der Waals surface area contributed by atoms with E-state index in [-0.39, 0.29) is 16.9 Å². The lowest BCUT2D eigenvalue weighted by Crippen LogP contribution is -2.19. The lowest BCUT2D eigenvalue weighted by atomic mass is 9.88. The SMILES string of the molecule is O=C(O)Nc1cc(C(F)(F)F)ccc1-c1cc(Nc2cccc3c2CC(O)CC3)ncn1. The number of benzene rings is 2. The number of aliphatic hydroxyl groups excluding tert-OH is 1. The number of nitrogens with one attached hydrogen (secondary N) is 2. The lowest BCUT2D eigenvalue weighted by molar-refractivity contribution is -0.137. The monoisotopic (exact) mass is 444 g/mol. The molecule has 1 unspecified atom stereocenters. The minimum Gasteiger partial charge on any atom is -0.465 e. The predicted octanol–water partition coefficient (Wildman–Crippen LogP) is 4.85. The van der Waals surface area contributed by atoms with Crippen molar-refractivity contribution in [2.24, 2.45) is 0 Å². The summed E-state index contributed by atoms with van der Waals surface area (Å²) in [5.41, 5.74) is 2.08. The Hall–Kier alpha value is -3.66. The minimum atomic E-state index is -4.62. The molecule has 0 bridgehead atoms. The molecule has 2 aromatic carbocycles. The second kappa shape index (κ2) is 8.46. The van der Waals surface area contributed by atoms with Crippen LogP contribution in [-0.2, 0) is 19.0 Å². The number of hydrogen-bond donors (Lipinski definition) is 4. The number of aromatic nitrogens is 2. The fourth-order valence-electron chi connectivity index (χ4n) is 3.76. The Kier molecular flexibility index (Phi) is 5.70. The largest absolute Gasteiger partial charge is 0.465 e. The molecular formula is C22H19F3N4O3. The number of aryl methyl sites for hydroxylation is 1. The number of nitrogens with zero attached hydrogens (tertiary/aromatic N) is 2. The van der Waals surface area contributed by atoms with Gasteiger partial charge in [0, 0.05) is 23.7 Å². The fourth-order valence-corrected chi connectivity index (χ4v) is 3.76. The zero-order valence-corrected chi connectivity index (χ0v) is 16.6. The van der Waals surface area contributed by atoms with Crippen LogP contribution in [0.5, 0.6) is 0 Å². The molecule has 1 aromatic heterocycles. The molecular weight excluding hydrogens is 425 g/mol. The highest BCUT2D eigenvalue weighted by Gasteiger charge is 2.31. The molecule has 0 radical (unpaired) electrons. The van der Waals surface area contributed by atoms with Gasteiger partial charge in [-0.1, -0.05) is 18.2 Å². The molecule has 0 saturated carbocycles. The van der Waals surface area contributed by atoms with Crippen molar-refractivity contribution in [3.63, 3.8) is 0 Å². The molecule has 1 heterocycles. The third kappa shape index (κ3) is 4.65. The van der Waals surface area contributed by atoms with E-state index in [0.717, 1.165) is 35.4 Å². The van der Waals surface area contributed by atoms with Crippen LogP contribution >= 0.6 is 0 Å². The summed E-state index contributed by atoms with van der Waals surface area (Å²) in [5.74, 6) is 0.379. The maximum absolute atomic E-state index is 13.1. The Labute approximate surface area is 181 Å². The van der Waals surface area contributed by atoms with E-state index in [1.165, 1.54) is 18.5 Å². The van der Waals surface area contributed by atoms with Gasteiger partial charge in [-0.05, 0) is 42.2 Å². The fraction of sp³-hybridized carbons (Fsp3) is 0.227. The van der Waals surface area contributed by atoms with E-state index in [1.807, 2.05) is 23.5 Å². The van der Waals surface area contributed by atoms with Crippen LogP contribution in [0.25, 0.3) is 11.3 Å². The Morgan fingerprint density at radius 3 is 2.66 bits per heavy atom. The number of anilines is 3. The summed E-state index contributed by atoms with van der Waals surface area (Å²) in [6, 6.07) is 10.0. The second-order valence-electron chi connectivity index (χ2n) is 7.44. The van der Waals surface area contributed by atoms with E-state index in [0.29, 0.717) is 18.7 Å². The lowest BCUT2D eigenvalue weighted by Gasteiger charge is -2.23. The number of fused-ring (bicyclic) bond motifs is 1. The Morgan fingerprint density at radius 1 is 1.09 bits per heavy atom. The number of halogens is 3. The van der Waals surface area contributed by atoms with Gasteiger partial charge in [-0.2, -0.15) is 13.2 Å². The molecule has 0 saturated heterocycles. The number of alkyl halides is 3. The maximum Gasteiger partial charge on any atom is 0.416 e. The Bertz CT molecular complexity index is 1170. The van der Waals surface area contributed by atoms with Crippen molar-refractivity contribution >= 4 is 23.3 Å². The van der Waals surface area contributed by atoms with Gasteiger partial charge in [-0.25, -0.2) is 14.8 Å². The molecule has 166 valence electrons.